The van der Waals surface area contributed by atoms with Gasteiger partial charge in [0.05, 0.1) is 25.7 Å². The number of ether oxygens (including phenoxy) is 1. The quantitative estimate of drug-likeness (QED) is 0.0763. The molecule has 0 heterocycles. The van der Waals surface area contributed by atoms with Gasteiger partial charge in [0.15, 0.2) is 0 Å². The minimum atomic E-state index is -1.18. The maximum atomic E-state index is 12.8. The zero-order chi connectivity index (χ0) is 37.2. The number of hydrogen-bond donors (Lipinski definition) is 1. The molecule has 4 aliphatic rings. The molecule has 292 valence electrons. The molecule has 51 heavy (non-hydrogen) atoms. The van der Waals surface area contributed by atoms with Crippen LogP contribution in [0.2, 0.25) is 0 Å². The number of alkyl carbamates (subject to hydrolysis) is 1. The highest BCUT2D eigenvalue weighted by atomic mass is 31.2. The molecule has 0 saturated heterocycles. The normalized spacial score (nSPS) is 31.5. The summed E-state index contributed by atoms with van der Waals surface area (Å²) in [5.41, 5.74) is 2.38. The molecular weight excluding hydrogens is 653 g/mol. The van der Waals surface area contributed by atoms with Crippen LogP contribution in [0.4, 0.5) is 4.79 Å². The van der Waals surface area contributed by atoms with Crippen LogP contribution in [0, 0.1) is 57.7 Å². The summed E-state index contributed by atoms with van der Waals surface area (Å²) in [6.45, 7) is 22.9. The van der Waals surface area contributed by atoms with Crippen LogP contribution in [0.3, 0.4) is 0 Å². The molecule has 1 N–H and O–H groups in total. The zero-order valence-electron chi connectivity index (χ0n) is 34.2. The average molecular weight is 730 g/mol. The molecule has 4 rings (SSSR count). The lowest BCUT2D eigenvalue weighted by molar-refractivity contribution is -0.0581. The molecule has 3 fully saturated rings. The summed E-state index contributed by atoms with van der Waals surface area (Å²) in [5, 5.41) is 11.9. The van der Waals surface area contributed by atoms with Crippen molar-refractivity contribution in [3.8, 4) is 6.07 Å². The third-order valence-electron chi connectivity index (χ3n) is 13.7. The summed E-state index contributed by atoms with van der Waals surface area (Å²) in [5.74, 6) is 5.07. The Hall–Kier alpha value is -1.19. The number of nitrogens with zero attached hydrogens (tertiary/aromatic N) is 2. The summed E-state index contributed by atoms with van der Waals surface area (Å²) in [6, 6.07) is 2.77. The van der Waals surface area contributed by atoms with Crippen LogP contribution >= 0.6 is 8.53 Å². The summed E-state index contributed by atoms with van der Waals surface area (Å²) in [7, 11) is -1.18. The molecule has 1 amide bonds. The SMILES string of the molecule is CC(C)CCC[C@@H](C)[C@H]1CC[C@H]2[C@@H]3CC=C4CC(OC(=O)NCCCCCCOP(OCCC#N)N(C(C)C)C(C)C)CC[C@]4(C)[C@H]3CC[C@]12C. The Balaban J connectivity index is 1.16. The fourth-order valence-corrected chi connectivity index (χ4v) is 12.8. The van der Waals surface area contributed by atoms with Gasteiger partial charge in [0.25, 0.3) is 8.53 Å². The summed E-state index contributed by atoms with van der Waals surface area (Å²) < 4.78 is 20.5. The molecular formula is C43H76N3O4P. The number of fused-ring (bicyclic) bond motifs is 5. The second-order valence-corrected chi connectivity index (χ2v) is 19.7. The molecule has 0 spiro atoms. The van der Waals surface area contributed by atoms with Gasteiger partial charge in [-0.1, -0.05) is 78.4 Å². The van der Waals surface area contributed by atoms with Crippen molar-refractivity contribution < 1.29 is 18.6 Å². The van der Waals surface area contributed by atoms with E-state index in [4.69, 9.17) is 19.0 Å². The van der Waals surface area contributed by atoms with Crippen LogP contribution in [0.25, 0.3) is 0 Å². The molecule has 0 aromatic rings. The fraction of sp³-hybridized carbons (Fsp3) is 0.907. The first-order valence-electron chi connectivity index (χ1n) is 21.2. The molecule has 7 nitrogen and oxygen atoms in total. The summed E-state index contributed by atoms with van der Waals surface area (Å²) in [6.07, 6.45) is 20.8. The smallest absolute Gasteiger partial charge is 0.407 e. The van der Waals surface area contributed by atoms with E-state index in [1.165, 1.54) is 51.4 Å². The third-order valence-corrected chi connectivity index (χ3v) is 15.8. The van der Waals surface area contributed by atoms with Gasteiger partial charge >= 0.3 is 6.09 Å². The van der Waals surface area contributed by atoms with Gasteiger partial charge in [-0.15, -0.1) is 0 Å². The Bertz CT molecular complexity index is 1150. The van der Waals surface area contributed by atoms with Crippen LogP contribution in [0.1, 0.15) is 165 Å². The van der Waals surface area contributed by atoms with Crippen LogP contribution in [0.5, 0.6) is 0 Å². The lowest BCUT2D eigenvalue weighted by atomic mass is 9.47. The maximum absolute atomic E-state index is 12.8. The van der Waals surface area contributed by atoms with Gasteiger partial charge in [0, 0.05) is 25.0 Å². The molecule has 0 aliphatic heterocycles. The molecule has 4 aliphatic carbocycles. The number of hydrogen-bond acceptors (Lipinski definition) is 6. The van der Waals surface area contributed by atoms with Gasteiger partial charge in [-0.25, -0.2) is 9.46 Å². The molecule has 0 aromatic carbocycles. The minimum Gasteiger partial charge on any atom is -0.446 e. The first kappa shape index (κ1) is 42.6. The van der Waals surface area contributed by atoms with E-state index in [-0.39, 0.29) is 17.6 Å². The molecule has 0 aromatic heterocycles. The highest BCUT2D eigenvalue weighted by Gasteiger charge is 2.59. The average Bonchev–Trinajstić information content (AvgIpc) is 3.43. The predicted molar refractivity (Wildman–Crippen MR) is 211 cm³/mol. The minimum absolute atomic E-state index is 0.00376. The number of nitriles is 1. The molecule has 0 bridgehead atoms. The van der Waals surface area contributed by atoms with Crippen LogP contribution in [0.15, 0.2) is 11.6 Å². The number of carbonyl (C=O) groups is 1. The Morgan fingerprint density at radius 1 is 0.922 bits per heavy atom. The number of amides is 1. The van der Waals surface area contributed by atoms with E-state index in [2.05, 4.69) is 84.4 Å². The number of unbranched alkanes of at least 4 members (excludes halogenated alkanes) is 3. The van der Waals surface area contributed by atoms with Gasteiger partial charge < -0.3 is 19.1 Å². The standard InChI is InChI=1S/C43H76N3O4P/c1-31(2)16-14-17-34(7)38-20-21-39-37-19-18-35-30-36(22-24-42(35,8)40(37)23-25-43(38,39)9)50-41(47)45-27-12-10-11-13-28-48-51(49-29-15-26-44)46(32(3)4)33(5)6/h18,31-34,36-40H,10-17,19-25,27-30H2,1-9H3,(H,45,47)/t34-,36?,37+,38-,39+,40+,42+,43-,51?/m1/s1. The number of allylic oxidation sites excluding steroid dienone is 1. The number of nitrogens with one attached hydrogen (secondary N) is 1. The van der Waals surface area contributed by atoms with Crippen molar-refractivity contribution in [1.29, 1.82) is 5.26 Å². The van der Waals surface area contributed by atoms with E-state index in [1.54, 1.807) is 5.57 Å². The van der Waals surface area contributed by atoms with Crippen LogP contribution in [-0.2, 0) is 13.8 Å². The lowest BCUT2D eigenvalue weighted by Gasteiger charge is -2.58. The monoisotopic (exact) mass is 730 g/mol. The number of rotatable bonds is 20. The van der Waals surface area contributed by atoms with Gasteiger partial charge in [0.2, 0.25) is 0 Å². The first-order chi connectivity index (χ1) is 24.3. The van der Waals surface area contributed by atoms with E-state index in [0.717, 1.165) is 80.5 Å². The molecule has 0 radical (unpaired) electrons. The second-order valence-electron chi connectivity index (χ2n) is 18.3. The fourth-order valence-electron chi connectivity index (χ4n) is 11.2. The summed E-state index contributed by atoms with van der Waals surface area (Å²) >= 11 is 0. The largest absolute Gasteiger partial charge is 0.446 e. The lowest BCUT2D eigenvalue weighted by Crippen LogP contribution is -2.51. The van der Waals surface area contributed by atoms with E-state index in [9.17, 15) is 4.79 Å². The Morgan fingerprint density at radius 2 is 1.65 bits per heavy atom. The Morgan fingerprint density at radius 3 is 2.35 bits per heavy atom. The van der Waals surface area contributed by atoms with Crippen molar-refractivity contribution in [2.75, 3.05) is 19.8 Å². The topological polar surface area (TPSA) is 83.8 Å². The van der Waals surface area contributed by atoms with Crippen molar-refractivity contribution >= 4 is 14.6 Å². The molecule has 8 heteroatoms. The van der Waals surface area contributed by atoms with Crippen LogP contribution in [-0.4, -0.2) is 48.7 Å². The highest BCUT2D eigenvalue weighted by molar-refractivity contribution is 7.44. The van der Waals surface area contributed by atoms with Crippen LogP contribution < -0.4 is 5.32 Å². The molecule has 3 saturated carbocycles. The van der Waals surface area contributed by atoms with E-state index in [0.29, 0.717) is 43.7 Å². The molecule has 2 unspecified atom stereocenters. The maximum Gasteiger partial charge on any atom is 0.407 e. The van der Waals surface area contributed by atoms with E-state index in [1.807, 2.05) is 0 Å². The van der Waals surface area contributed by atoms with Crippen molar-refractivity contribution in [1.82, 2.24) is 9.99 Å². The van der Waals surface area contributed by atoms with Gasteiger partial charge in [0.1, 0.15) is 6.10 Å². The van der Waals surface area contributed by atoms with Crippen molar-refractivity contribution in [2.45, 2.75) is 183 Å². The Kier molecular flexibility index (Phi) is 16.6. The number of carbonyl (C=O) groups excluding carboxylic acids is 1. The van der Waals surface area contributed by atoms with Crippen molar-refractivity contribution in [3.63, 3.8) is 0 Å². The van der Waals surface area contributed by atoms with Crippen molar-refractivity contribution in [3.05, 3.63) is 11.6 Å². The third kappa shape index (κ3) is 11.0. The van der Waals surface area contributed by atoms with Crippen molar-refractivity contribution in [2.24, 2.45) is 46.3 Å². The second kappa shape index (κ2) is 19.9. The zero-order valence-corrected chi connectivity index (χ0v) is 35.1. The highest BCUT2D eigenvalue weighted by Crippen LogP contribution is 2.67. The van der Waals surface area contributed by atoms with Gasteiger partial charge in [-0.2, -0.15) is 5.26 Å². The van der Waals surface area contributed by atoms with E-state index >= 15 is 0 Å². The Labute approximate surface area is 314 Å². The van der Waals surface area contributed by atoms with Gasteiger partial charge in [-0.05, 0) is 132 Å². The predicted octanol–water partition coefficient (Wildman–Crippen LogP) is 12.0. The molecule has 9 atom stereocenters. The first-order valence-corrected chi connectivity index (χ1v) is 22.3. The summed E-state index contributed by atoms with van der Waals surface area (Å²) in [4.78, 5) is 12.8. The van der Waals surface area contributed by atoms with Gasteiger partial charge in [-0.3, -0.25) is 0 Å². The van der Waals surface area contributed by atoms with E-state index < -0.39 is 8.53 Å².